The first-order valence-electron chi connectivity index (χ1n) is 13.4. The van der Waals surface area contributed by atoms with E-state index in [0.717, 1.165) is 33.6 Å². The summed E-state index contributed by atoms with van der Waals surface area (Å²) in [5.74, 6) is 0. The van der Waals surface area contributed by atoms with Crippen molar-refractivity contribution in [3.63, 3.8) is 0 Å². The summed E-state index contributed by atoms with van der Waals surface area (Å²) in [6, 6.07) is 43.2. The van der Waals surface area contributed by atoms with Crippen molar-refractivity contribution in [2.75, 3.05) is 0 Å². The van der Waals surface area contributed by atoms with Gasteiger partial charge in [0.25, 0.3) is 0 Å². The largest absolute Gasteiger partial charge is 0.309 e. The Morgan fingerprint density at radius 3 is 1.54 bits per heavy atom. The van der Waals surface area contributed by atoms with Crippen molar-refractivity contribution < 1.29 is 0 Å². The third-order valence-corrected chi connectivity index (χ3v) is 7.63. The van der Waals surface area contributed by atoms with Crippen molar-refractivity contribution in [3.8, 4) is 5.69 Å². The number of allylic oxidation sites excluding steroid dienone is 5. The number of hydrogen-bond acceptors (Lipinski definition) is 0. The number of nitrogens with zero attached hydrogens (tertiary/aromatic N) is 2. The quantitative estimate of drug-likeness (QED) is 0.208. The van der Waals surface area contributed by atoms with Gasteiger partial charge in [0.15, 0.2) is 0 Å². The van der Waals surface area contributed by atoms with Crippen LogP contribution in [-0.2, 0) is 0 Å². The third kappa shape index (κ3) is 3.57. The van der Waals surface area contributed by atoms with Crippen LogP contribution in [0.25, 0.3) is 60.6 Å². The molecule has 0 aliphatic heterocycles. The standard InChI is InChI=1S/C37H28N2/c1-3-4-15-27(26(2)38-33-21-10-6-17-29(33)30-18-7-11-22-34(30)38)28-16-5-12-23-35(28)39-36-24-13-8-19-31(36)32-20-9-14-25-37(32)39/h3-25H,2H2,1H3/b4-3-,27-15+. The van der Waals surface area contributed by atoms with Crippen LogP contribution >= 0.6 is 0 Å². The van der Waals surface area contributed by atoms with Gasteiger partial charge in [-0.25, -0.2) is 0 Å². The monoisotopic (exact) mass is 500 g/mol. The molecule has 5 aromatic carbocycles. The van der Waals surface area contributed by atoms with Crippen molar-refractivity contribution in [3.05, 3.63) is 152 Å². The molecule has 0 unspecified atom stereocenters. The van der Waals surface area contributed by atoms with E-state index >= 15 is 0 Å². The number of hydrogen-bond donors (Lipinski definition) is 0. The Kier molecular flexibility index (Phi) is 5.53. The minimum Gasteiger partial charge on any atom is -0.309 e. The minimum atomic E-state index is 0.943. The van der Waals surface area contributed by atoms with Crippen molar-refractivity contribution in [2.45, 2.75) is 6.92 Å². The molecule has 0 bridgehead atoms. The zero-order valence-electron chi connectivity index (χ0n) is 21.9. The highest BCUT2D eigenvalue weighted by molar-refractivity contribution is 6.15. The molecule has 0 aliphatic carbocycles. The van der Waals surface area contributed by atoms with E-state index in [1.165, 1.54) is 32.6 Å². The van der Waals surface area contributed by atoms with Gasteiger partial charge in [-0.3, -0.25) is 0 Å². The SMILES string of the molecule is C=C(/C(=C\C=C/C)c1ccccc1-n1c2ccccc2c2ccccc21)n1c2ccccc2c2ccccc21. The van der Waals surface area contributed by atoms with Gasteiger partial charge in [-0.15, -0.1) is 0 Å². The molecule has 7 rings (SSSR count). The van der Waals surface area contributed by atoms with Crippen LogP contribution in [0.1, 0.15) is 12.5 Å². The van der Waals surface area contributed by atoms with Crippen molar-refractivity contribution in [1.29, 1.82) is 0 Å². The minimum absolute atomic E-state index is 0.943. The fraction of sp³-hybridized carbons (Fsp3) is 0.0270. The maximum Gasteiger partial charge on any atom is 0.0541 e. The molecule has 2 aromatic heterocycles. The lowest BCUT2D eigenvalue weighted by Gasteiger charge is -2.19. The molecular formula is C37H28N2. The number of para-hydroxylation sites is 5. The van der Waals surface area contributed by atoms with Crippen LogP contribution < -0.4 is 0 Å². The van der Waals surface area contributed by atoms with Gasteiger partial charge in [-0.1, -0.05) is 116 Å². The Bertz CT molecular complexity index is 1990. The van der Waals surface area contributed by atoms with E-state index in [9.17, 15) is 0 Å². The highest BCUT2D eigenvalue weighted by atomic mass is 15.0. The second kappa shape index (κ2) is 9.34. The molecule has 39 heavy (non-hydrogen) atoms. The van der Waals surface area contributed by atoms with E-state index in [1.807, 2.05) is 0 Å². The van der Waals surface area contributed by atoms with Gasteiger partial charge in [0, 0.05) is 38.4 Å². The van der Waals surface area contributed by atoms with Crippen LogP contribution in [0.15, 0.2) is 146 Å². The predicted molar refractivity (Wildman–Crippen MR) is 168 cm³/mol. The Labute approximate surface area is 228 Å². The maximum absolute atomic E-state index is 4.73. The number of benzene rings is 5. The molecule has 186 valence electrons. The molecule has 2 heterocycles. The van der Waals surface area contributed by atoms with Gasteiger partial charge < -0.3 is 9.13 Å². The van der Waals surface area contributed by atoms with Crippen LogP contribution in [0.4, 0.5) is 0 Å². The maximum atomic E-state index is 4.73. The molecule has 2 nitrogen and oxygen atoms in total. The van der Waals surface area contributed by atoms with Gasteiger partial charge in [-0.2, -0.15) is 0 Å². The van der Waals surface area contributed by atoms with Gasteiger partial charge >= 0.3 is 0 Å². The average Bonchev–Trinajstić information content (AvgIpc) is 3.51. The lowest BCUT2D eigenvalue weighted by molar-refractivity contribution is 1.16. The van der Waals surface area contributed by atoms with Gasteiger partial charge in [0.1, 0.15) is 0 Å². The first-order valence-corrected chi connectivity index (χ1v) is 13.4. The summed E-state index contributed by atoms with van der Waals surface area (Å²) in [6.45, 7) is 6.78. The fourth-order valence-electron chi connectivity index (χ4n) is 5.95. The molecule has 0 aliphatic rings. The second-order valence-electron chi connectivity index (χ2n) is 9.81. The number of rotatable bonds is 5. The summed E-state index contributed by atoms with van der Waals surface area (Å²) in [5.41, 5.74) is 8.99. The molecule has 0 spiro atoms. The van der Waals surface area contributed by atoms with E-state index < -0.39 is 0 Å². The number of fused-ring (bicyclic) bond motifs is 6. The van der Waals surface area contributed by atoms with Crippen LogP contribution in [0.2, 0.25) is 0 Å². The van der Waals surface area contributed by atoms with Crippen molar-refractivity contribution in [1.82, 2.24) is 9.13 Å². The lowest BCUT2D eigenvalue weighted by Crippen LogP contribution is -2.04. The van der Waals surface area contributed by atoms with Crippen LogP contribution in [-0.4, -0.2) is 9.13 Å². The topological polar surface area (TPSA) is 9.86 Å². The van der Waals surface area contributed by atoms with E-state index in [2.05, 4.69) is 156 Å². The Hall–Kier alpha value is -5.08. The molecule has 0 radical (unpaired) electrons. The molecule has 7 aromatic rings. The van der Waals surface area contributed by atoms with Crippen molar-refractivity contribution >= 4 is 54.9 Å². The average molecular weight is 501 g/mol. The normalized spacial score (nSPS) is 12.4. The van der Waals surface area contributed by atoms with E-state index in [4.69, 9.17) is 6.58 Å². The fourth-order valence-corrected chi connectivity index (χ4v) is 5.95. The highest BCUT2D eigenvalue weighted by Gasteiger charge is 2.20. The van der Waals surface area contributed by atoms with E-state index in [-0.39, 0.29) is 0 Å². The third-order valence-electron chi connectivity index (χ3n) is 7.63. The Balaban J connectivity index is 1.52. The van der Waals surface area contributed by atoms with Gasteiger partial charge in [0.2, 0.25) is 0 Å². The van der Waals surface area contributed by atoms with Crippen LogP contribution in [0, 0.1) is 0 Å². The summed E-state index contributed by atoms with van der Waals surface area (Å²) in [6.07, 6.45) is 6.37. The summed E-state index contributed by atoms with van der Waals surface area (Å²) in [7, 11) is 0. The summed E-state index contributed by atoms with van der Waals surface area (Å²) >= 11 is 0. The van der Waals surface area contributed by atoms with Gasteiger partial charge in [-0.05, 0) is 37.3 Å². The number of aromatic nitrogens is 2. The molecule has 0 N–H and O–H groups in total. The first-order chi connectivity index (χ1) is 19.3. The summed E-state index contributed by atoms with van der Waals surface area (Å²) in [4.78, 5) is 0. The molecule has 0 amide bonds. The molecule has 2 heteroatoms. The highest BCUT2D eigenvalue weighted by Crippen LogP contribution is 2.40. The Morgan fingerprint density at radius 1 is 0.564 bits per heavy atom. The van der Waals surface area contributed by atoms with Crippen LogP contribution in [0.5, 0.6) is 0 Å². The molecule has 0 atom stereocenters. The first kappa shape index (κ1) is 23.1. The molecule has 0 fully saturated rings. The zero-order chi connectivity index (χ0) is 26.3. The van der Waals surface area contributed by atoms with E-state index in [0.29, 0.717) is 0 Å². The van der Waals surface area contributed by atoms with Crippen molar-refractivity contribution in [2.24, 2.45) is 0 Å². The Morgan fingerprint density at radius 2 is 1.00 bits per heavy atom. The molecule has 0 saturated carbocycles. The second-order valence-corrected chi connectivity index (χ2v) is 9.81. The lowest BCUT2D eigenvalue weighted by atomic mass is 9.99. The van der Waals surface area contributed by atoms with Gasteiger partial charge in [0.05, 0.1) is 27.8 Å². The molecular weight excluding hydrogens is 472 g/mol. The summed E-state index contributed by atoms with van der Waals surface area (Å²) in [5, 5.41) is 4.97. The smallest absolute Gasteiger partial charge is 0.0541 e. The summed E-state index contributed by atoms with van der Waals surface area (Å²) < 4.78 is 4.70. The van der Waals surface area contributed by atoms with Crippen LogP contribution in [0.3, 0.4) is 0 Å². The van der Waals surface area contributed by atoms with E-state index in [1.54, 1.807) is 0 Å². The zero-order valence-corrected chi connectivity index (χ0v) is 21.9. The predicted octanol–water partition coefficient (Wildman–Crippen LogP) is 10.0. The molecule has 0 saturated heterocycles.